The SMILES string of the molecule is CC(C)(C)C1(C)C(=O)N(Cl)C(=O)N1Cl. The van der Waals surface area contributed by atoms with E-state index in [9.17, 15) is 9.59 Å². The van der Waals surface area contributed by atoms with E-state index >= 15 is 0 Å². The van der Waals surface area contributed by atoms with Gasteiger partial charge in [-0.3, -0.25) is 4.79 Å². The first kappa shape index (κ1) is 11.6. The molecule has 0 bridgehead atoms. The van der Waals surface area contributed by atoms with Crippen molar-refractivity contribution < 1.29 is 9.59 Å². The Balaban J connectivity index is 3.25. The van der Waals surface area contributed by atoms with Crippen molar-refractivity contribution >= 4 is 35.5 Å². The van der Waals surface area contributed by atoms with Crippen molar-refractivity contribution in [3.05, 3.63) is 0 Å². The van der Waals surface area contributed by atoms with E-state index in [-0.39, 0.29) is 0 Å². The zero-order valence-electron chi connectivity index (χ0n) is 8.47. The van der Waals surface area contributed by atoms with E-state index in [2.05, 4.69) is 0 Å². The van der Waals surface area contributed by atoms with Crippen LogP contribution >= 0.6 is 23.6 Å². The van der Waals surface area contributed by atoms with E-state index in [1.807, 2.05) is 20.8 Å². The van der Waals surface area contributed by atoms with Crippen LogP contribution in [0.1, 0.15) is 27.7 Å². The summed E-state index contributed by atoms with van der Waals surface area (Å²) in [7, 11) is 0. The molecule has 1 unspecified atom stereocenters. The third-order valence-corrected chi connectivity index (χ3v) is 3.56. The molecule has 0 radical (unpaired) electrons. The second kappa shape index (κ2) is 3.00. The molecule has 0 saturated carbocycles. The molecule has 3 amide bonds. The maximum Gasteiger partial charge on any atom is 0.357 e. The highest BCUT2D eigenvalue weighted by atomic mass is 35.5. The molecule has 0 aromatic rings. The van der Waals surface area contributed by atoms with Crippen LogP contribution in [-0.4, -0.2) is 26.3 Å². The zero-order valence-corrected chi connectivity index (χ0v) is 9.98. The molecular formula is C8H12Cl2N2O2. The largest absolute Gasteiger partial charge is 0.357 e. The fourth-order valence-electron chi connectivity index (χ4n) is 1.25. The number of hydrogen-bond donors (Lipinski definition) is 0. The number of urea groups is 1. The highest BCUT2D eigenvalue weighted by Crippen LogP contribution is 2.43. The Morgan fingerprint density at radius 3 is 1.79 bits per heavy atom. The second-order valence-corrected chi connectivity index (χ2v) is 5.15. The van der Waals surface area contributed by atoms with Gasteiger partial charge in [-0.25, -0.2) is 9.21 Å². The standard InChI is InChI=1S/C8H12Cl2N2O2/c1-7(2,3)8(4)5(13)11(9)6(14)12(8)10/h1-4H3. The van der Waals surface area contributed by atoms with Gasteiger partial charge in [-0.05, 0) is 12.3 Å². The van der Waals surface area contributed by atoms with Crippen molar-refractivity contribution in [1.29, 1.82) is 0 Å². The number of carbonyl (C=O) groups is 2. The molecule has 4 nitrogen and oxygen atoms in total. The van der Waals surface area contributed by atoms with Crippen LogP contribution in [0.25, 0.3) is 0 Å². The van der Waals surface area contributed by atoms with Gasteiger partial charge in [0.2, 0.25) is 0 Å². The summed E-state index contributed by atoms with van der Waals surface area (Å²) in [4.78, 5) is 23.1. The van der Waals surface area contributed by atoms with E-state index in [1.54, 1.807) is 6.92 Å². The van der Waals surface area contributed by atoms with Crippen LogP contribution in [-0.2, 0) is 4.79 Å². The number of amides is 3. The maximum atomic E-state index is 11.7. The number of nitrogens with zero attached hydrogens (tertiary/aromatic N) is 2. The molecule has 1 saturated heterocycles. The van der Waals surface area contributed by atoms with Gasteiger partial charge in [-0.2, -0.15) is 4.42 Å². The van der Waals surface area contributed by atoms with Crippen LogP contribution in [0.5, 0.6) is 0 Å². The van der Waals surface area contributed by atoms with Crippen molar-refractivity contribution in [2.45, 2.75) is 33.2 Å². The average molecular weight is 239 g/mol. The molecule has 0 N–H and O–H groups in total. The third-order valence-electron chi connectivity index (χ3n) is 2.78. The van der Waals surface area contributed by atoms with Crippen LogP contribution in [0.2, 0.25) is 0 Å². The fourth-order valence-corrected chi connectivity index (χ4v) is 1.93. The summed E-state index contributed by atoms with van der Waals surface area (Å²) in [6, 6.07) is -0.698. The molecule has 0 aromatic heterocycles. The van der Waals surface area contributed by atoms with Crippen molar-refractivity contribution in [3.63, 3.8) is 0 Å². The molecule has 1 aliphatic heterocycles. The van der Waals surface area contributed by atoms with Crippen LogP contribution in [0.15, 0.2) is 0 Å². The predicted octanol–water partition coefficient (Wildman–Crippen LogP) is 2.36. The number of halogens is 2. The summed E-state index contributed by atoms with van der Waals surface area (Å²) in [5.41, 5.74) is -1.58. The normalized spacial score (nSPS) is 29.0. The molecule has 1 fully saturated rings. The maximum absolute atomic E-state index is 11.7. The number of hydrogen-bond acceptors (Lipinski definition) is 2. The average Bonchev–Trinajstić information content (AvgIpc) is 2.21. The van der Waals surface area contributed by atoms with E-state index in [0.29, 0.717) is 4.42 Å². The van der Waals surface area contributed by atoms with Gasteiger partial charge in [0.1, 0.15) is 5.54 Å². The van der Waals surface area contributed by atoms with Crippen molar-refractivity contribution in [3.8, 4) is 0 Å². The zero-order chi connectivity index (χ0) is 11.3. The molecule has 0 aliphatic carbocycles. The summed E-state index contributed by atoms with van der Waals surface area (Å²) in [6.45, 7) is 7.07. The van der Waals surface area contributed by atoms with Crippen molar-refractivity contribution in [1.82, 2.24) is 8.84 Å². The molecule has 1 heterocycles. The van der Waals surface area contributed by atoms with Gasteiger partial charge in [0, 0.05) is 23.6 Å². The Hall–Kier alpha value is -0.480. The number of imide groups is 1. The lowest BCUT2D eigenvalue weighted by Crippen LogP contribution is -2.52. The minimum absolute atomic E-state index is 0.481. The van der Waals surface area contributed by atoms with Gasteiger partial charge in [-0.15, -0.1) is 0 Å². The molecule has 80 valence electrons. The number of rotatable bonds is 0. The molecule has 0 spiro atoms. The van der Waals surface area contributed by atoms with E-state index in [4.69, 9.17) is 23.6 Å². The first-order chi connectivity index (χ1) is 6.14. The first-order valence-electron chi connectivity index (χ1n) is 4.14. The molecule has 1 rings (SSSR count). The predicted molar refractivity (Wildman–Crippen MR) is 53.6 cm³/mol. The quantitative estimate of drug-likeness (QED) is 0.481. The molecule has 14 heavy (non-hydrogen) atoms. The smallest absolute Gasteiger partial charge is 0.270 e. The van der Waals surface area contributed by atoms with Crippen LogP contribution < -0.4 is 0 Å². The molecular weight excluding hydrogens is 227 g/mol. The highest BCUT2D eigenvalue weighted by Gasteiger charge is 2.60. The lowest BCUT2D eigenvalue weighted by molar-refractivity contribution is -0.132. The minimum atomic E-state index is -1.10. The summed E-state index contributed by atoms with van der Waals surface area (Å²) in [6.07, 6.45) is 0. The van der Waals surface area contributed by atoms with Gasteiger partial charge in [0.25, 0.3) is 5.91 Å². The van der Waals surface area contributed by atoms with Gasteiger partial charge in [0.05, 0.1) is 0 Å². The van der Waals surface area contributed by atoms with Gasteiger partial charge in [0.15, 0.2) is 0 Å². The molecule has 0 aromatic carbocycles. The van der Waals surface area contributed by atoms with Crippen LogP contribution in [0.3, 0.4) is 0 Å². The van der Waals surface area contributed by atoms with Gasteiger partial charge in [-0.1, -0.05) is 20.8 Å². The topological polar surface area (TPSA) is 40.6 Å². The van der Waals surface area contributed by atoms with Crippen molar-refractivity contribution in [2.24, 2.45) is 5.41 Å². The lowest BCUT2D eigenvalue weighted by Gasteiger charge is -2.38. The molecule has 6 heteroatoms. The number of carbonyl (C=O) groups excluding carboxylic acids is 2. The van der Waals surface area contributed by atoms with Crippen LogP contribution in [0.4, 0.5) is 4.79 Å². The molecule has 1 aliphatic rings. The van der Waals surface area contributed by atoms with E-state index in [1.165, 1.54) is 0 Å². The molecule has 1 atom stereocenters. The Morgan fingerprint density at radius 2 is 1.64 bits per heavy atom. The minimum Gasteiger partial charge on any atom is -0.270 e. The summed E-state index contributed by atoms with van der Waals surface area (Å²) < 4.78 is 1.39. The summed E-state index contributed by atoms with van der Waals surface area (Å²) in [5.74, 6) is -0.494. The van der Waals surface area contributed by atoms with Gasteiger partial charge < -0.3 is 0 Å². The van der Waals surface area contributed by atoms with Crippen LogP contribution in [0, 0.1) is 5.41 Å². The monoisotopic (exact) mass is 238 g/mol. The first-order valence-corrected chi connectivity index (χ1v) is 4.82. The highest BCUT2D eigenvalue weighted by molar-refractivity contribution is 6.39. The Bertz CT molecular complexity index is 300. The Kier molecular flexibility index (Phi) is 2.49. The lowest BCUT2D eigenvalue weighted by atomic mass is 9.75. The second-order valence-electron chi connectivity index (χ2n) is 4.47. The van der Waals surface area contributed by atoms with Crippen molar-refractivity contribution in [2.75, 3.05) is 0 Å². The van der Waals surface area contributed by atoms with E-state index in [0.717, 1.165) is 4.42 Å². The fraction of sp³-hybridized carbons (Fsp3) is 0.750. The Labute approximate surface area is 93.0 Å². The van der Waals surface area contributed by atoms with Gasteiger partial charge >= 0.3 is 6.03 Å². The van der Waals surface area contributed by atoms with E-state index < -0.39 is 22.9 Å². The summed E-state index contributed by atoms with van der Waals surface area (Å²) >= 11 is 11.3. The third kappa shape index (κ3) is 1.21. The summed E-state index contributed by atoms with van der Waals surface area (Å²) in [5, 5.41) is 0. The Morgan fingerprint density at radius 1 is 1.21 bits per heavy atom.